The second kappa shape index (κ2) is 8.58. The van der Waals surface area contributed by atoms with E-state index in [0.29, 0.717) is 16.6 Å². The number of benzene rings is 1. The Morgan fingerprint density at radius 1 is 1.12 bits per heavy atom. The van der Waals surface area contributed by atoms with Gasteiger partial charge in [-0.2, -0.15) is 5.10 Å². The maximum Gasteiger partial charge on any atom is 0.253 e. The van der Waals surface area contributed by atoms with E-state index in [9.17, 15) is 17.6 Å². The highest BCUT2D eigenvalue weighted by molar-refractivity contribution is 7.92. The molecule has 9 nitrogen and oxygen atoms in total. The van der Waals surface area contributed by atoms with Gasteiger partial charge in [-0.05, 0) is 49.7 Å². The molecule has 1 atom stereocenters. The minimum atomic E-state index is -3.54. The lowest BCUT2D eigenvalue weighted by molar-refractivity contribution is 0.0939. The highest BCUT2D eigenvalue weighted by Gasteiger charge is 2.18. The lowest BCUT2D eigenvalue weighted by Gasteiger charge is -2.18. The van der Waals surface area contributed by atoms with Gasteiger partial charge < -0.3 is 5.32 Å². The van der Waals surface area contributed by atoms with Crippen LogP contribution in [-0.2, 0) is 10.0 Å². The van der Waals surface area contributed by atoms with Crippen molar-refractivity contribution in [3.05, 3.63) is 77.6 Å². The predicted molar refractivity (Wildman–Crippen MR) is 122 cm³/mol. The van der Waals surface area contributed by atoms with E-state index < -0.39 is 27.8 Å². The number of pyridine rings is 2. The minimum Gasteiger partial charge on any atom is -0.345 e. The molecule has 0 fully saturated rings. The summed E-state index contributed by atoms with van der Waals surface area (Å²) in [7, 11) is -3.54. The minimum absolute atomic E-state index is 0.150. The van der Waals surface area contributed by atoms with E-state index in [1.54, 1.807) is 49.3 Å². The lowest BCUT2D eigenvalue weighted by Crippen LogP contribution is -2.27. The predicted octanol–water partition coefficient (Wildman–Crippen LogP) is 3.13. The van der Waals surface area contributed by atoms with Crippen LogP contribution in [0.15, 0.2) is 55.1 Å². The Labute approximate surface area is 189 Å². The van der Waals surface area contributed by atoms with Crippen molar-refractivity contribution in [2.45, 2.75) is 19.9 Å². The Kier molecular flexibility index (Phi) is 5.81. The van der Waals surface area contributed by atoms with Crippen LogP contribution in [-0.4, -0.2) is 40.3 Å². The van der Waals surface area contributed by atoms with E-state index >= 15 is 0 Å². The van der Waals surface area contributed by atoms with Crippen LogP contribution < -0.4 is 10.0 Å². The fourth-order valence-electron chi connectivity index (χ4n) is 3.37. The van der Waals surface area contributed by atoms with Crippen molar-refractivity contribution in [2.75, 3.05) is 11.0 Å². The number of aryl methyl sites for hydroxylation is 1. The average Bonchev–Trinajstić information content (AvgIpc) is 3.29. The maximum absolute atomic E-state index is 14.7. The number of nitrogens with one attached hydrogen (secondary N) is 2. The quantitative estimate of drug-likeness (QED) is 0.449. The van der Waals surface area contributed by atoms with Crippen molar-refractivity contribution in [3.8, 4) is 5.69 Å². The Bertz CT molecular complexity index is 1450. The van der Waals surface area contributed by atoms with Gasteiger partial charge in [-0.25, -0.2) is 17.5 Å². The zero-order valence-electron chi connectivity index (χ0n) is 18.1. The van der Waals surface area contributed by atoms with E-state index in [1.165, 1.54) is 12.3 Å². The number of hydrogen-bond acceptors (Lipinski definition) is 6. The SMILES string of the molecule is Cc1cc([C@@H](C)NC(=O)c2cnc3cc(-n4cccn4)cnc3c2)c(F)cc1NS(C)(=O)=O. The largest absolute Gasteiger partial charge is 0.345 e. The first kappa shape index (κ1) is 22.3. The summed E-state index contributed by atoms with van der Waals surface area (Å²) in [6.45, 7) is 3.30. The maximum atomic E-state index is 14.7. The zero-order chi connectivity index (χ0) is 23.8. The molecule has 0 saturated carbocycles. The summed E-state index contributed by atoms with van der Waals surface area (Å²) in [5.41, 5.74) is 3.06. The summed E-state index contributed by atoms with van der Waals surface area (Å²) in [5, 5.41) is 6.90. The van der Waals surface area contributed by atoms with Gasteiger partial charge in [0.25, 0.3) is 5.91 Å². The highest BCUT2D eigenvalue weighted by Crippen LogP contribution is 2.25. The zero-order valence-corrected chi connectivity index (χ0v) is 18.9. The van der Waals surface area contributed by atoms with Gasteiger partial charge in [0, 0.05) is 24.2 Å². The fourth-order valence-corrected chi connectivity index (χ4v) is 3.98. The molecule has 0 aliphatic carbocycles. The number of rotatable bonds is 6. The fraction of sp³-hybridized carbons (Fsp3) is 0.182. The summed E-state index contributed by atoms with van der Waals surface area (Å²) in [5.74, 6) is -1.07. The standard InChI is InChI=1S/C22H21FN6O3S/c1-13-7-17(18(23)10-19(13)28-33(3,31)32)14(2)27-22(30)15-8-20-21(24-11-15)9-16(12-25-20)29-6-4-5-26-29/h4-12,14,28H,1-3H3,(H,27,30)/t14-/m1/s1. The van der Waals surface area contributed by atoms with Crippen molar-refractivity contribution >= 4 is 32.7 Å². The molecule has 170 valence electrons. The van der Waals surface area contributed by atoms with Gasteiger partial charge in [-0.3, -0.25) is 19.5 Å². The molecule has 0 aliphatic rings. The highest BCUT2D eigenvalue weighted by atomic mass is 32.2. The van der Waals surface area contributed by atoms with Gasteiger partial charge in [0.15, 0.2) is 0 Å². The molecule has 0 aliphatic heterocycles. The third-order valence-corrected chi connectivity index (χ3v) is 5.59. The van der Waals surface area contributed by atoms with Gasteiger partial charge in [0.1, 0.15) is 5.82 Å². The normalized spacial score (nSPS) is 12.5. The van der Waals surface area contributed by atoms with Gasteiger partial charge in [0.05, 0.1) is 46.5 Å². The first-order valence-corrected chi connectivity index (χ1v) is 11.8. The number of nitrogens with zero attached hydrogens (tertiary/aromatic N) is 4. The Morgan fingerprint density at radius 3 is 2.55 bits per heavy atom. The molecule has 0 unspecified atom stereocenters. The van der Waals surface area contributed by atoms with Crippen LogP contribution >= 0.6 is 0 Å². The summed E-state index contributed by atoms with van der Waals surface area (Å²) in [6.07, 6.45) is 7.50. The van der Waals surface area contributed by atoms with E-state index in [1.807, 2.05) is 6.07 Å². The molecule has 0 radical (unpaired) electrons. The molecule has 11 heteroatoms. The van der Waals surface area contributed by atoms with E-state index in [0.717, 1.165) is 18.0 Å². The first-order chi connectivity index (χ1) is 15.6. The van der Waals surface area contributed by atoms with Crippen LogP contribution in [0.25, 0.3) is 16.7 Å². The second-order valence-corrected chi connectivity index (χ2v) is 9.41. The monoisotopic (exact) mass is 468 g/mol. The Balaban J connectivity index is 1.54. The number of hydrogen-bond donors (Lipinski definition) is 2. The molecule has 1 aromatic carbocycles. The van der Waals surface area contributed by atoms with E-state index in [4.69, 9.17) is 0 Å². The van der Waals surface area contributed by atoms with Crippen LogP contribution in [0.4, 0.5) is 10.1 Å². The number of carbonyl (C=O) groups is 1. The van der Waals surface area contributed by atoms with Gasteiger partial charge in [-0.15, -0.1) is 0 Å². The second-order valence-electron chi connectivity index (χ2n) is 7.66. The third kappa shape index (κ3) is 4.98. The topological polar surface area (TPSA) is 119 Å². The first-order valence-electron chi connectivity index (χ1n) is 9.95. The molecule has 0 spiro atoms. The van der Waals surface area contributed by atoms with Crippen molar-refractivity contribution < 1.29 is 17.6 Å². The Hall–Kier alpha value is -3.86. The number of sulfonamides is 1. The van der Waals surface area contributed by atoms with Crippen molar-refractivity contribution in [2.24, 2.45) is 0 Å². The molecule has 2 N–H and O–H groups in total. The number of anilines is 1. The molecule has 4 rings (SSSR count). The summed E-state index contributed by atoms with van der Waals surface area (Å²) < 4.78 is 41.5. The number of carbonyl (C=O) groups excluding carboxylic acids is 1. The number of halogens is 1. The lowest BCUT2D eigenvalue weighted by atomic mass is 10.0. The number of aromatic nitrogens is 4. The van der Waals surface area contributed by atoms with Gasteiger partial charge in [-0.1, -0.05) is 0 Å². The third-order valence-electron chi connectivity index (χ3n) is 5.00. The molecule has 1 amide bonds. The Morgan fingerprint density at radius 2 is 1.85 bits per heavy atom. The summed E-state index contributed by atoms with van der Waals surface area (Å²) >= 11 is 0. The van der Waals surface area contributed by atoms with Crippen LogP contribution in [0.2, 0.25) is 0 Å². The van der Waals surface area contributed by atoms with Gasteiger partial charge in [0.2, 0.25) is 10.0 Å². The summed E-state index contributed by atoms with van der Waals surface area (Å²) in [6, 6.07) is 7.15. The molecule has 3 aromatic heterocycles. The molecule has 0 saturated heterocycles. The summed E-state index contributed by atoms with van der Waals surface area (Å²) in [4.78, 5) is 21.5. The number of amides is 1. The molecular weight excluding hydrogens is 447 g/mol. The molecule has 3 heterocycles. The van der Waals surface area contributed by atoms with E-state index in [-0.39, 0.29) is 16.8 Å². The van der Waals surface area contributed by atoms with Crippen LogP contribution in [0.1, 0.15) is 34.5 Å². The number of fused-ring (bicyclic) bond motifs is 1. The molecule has 0 bridgehead atoms. The molecule has 33 heavy (non-hydrogen) atoms. The van der Waals surface area contributed by atoms with Crippen molar-refractivity contribution in [1.82, 2.24) is 25.1 Å². The molecular formula is C22H21FN6O3S. The van der Waals surface area contributed by atoms with Gasteiger partial charge >= 0.3 is 0 Å². The molecule has 4 aromatic rings. The average molecular weight is 469 g/mol. The van der Waals surface area contributed by atoms with Crippen molar-refractivity contribution in [1.29, 1.82) is 0 Å². The van der Waals surface area contributed by atoms with Crippen LogP contribution in [0.3, 0.4) is 0 Å². The van der Waals surface area contributed by atoms with Crippen LogP contribution in [0, 0.1) is 12.7 Å². The smallest absolute Gasteiger partial charge is 0.253 e. The van der Waals surface area contributed by atoms with Crippen molar-refractivity contribution in [3.63, 3.8) is 0 Å². The van der Waals surface area contributed by atoms with Crippen LogP contribution in [0.5, 0.6) is 0 Å². The van der Waals surface area contributed by atoms with E-state index in [2.05, 4.69) is 25.1 Å².